The van der Waals surface area contributed by atoms with Crippen LogP contribution >= 0.6 is 11.3 Å². The van der Waals surface area contributed by atoms with Gasteiger partial charge in [-0.25, -0.2) is 9.78 Å². The van der Waals surface area contributed by atoms with Crippen LogP contribution in [0.5, 0.6) is 0 Å². The van der Waals surface area contributed by atoms with Gasteiger partial charge in [-0.1, -0.05) is 5.16 Å². The highest BCUT2D eigenvalue weighted by atomic mass is 32.1. The van der Waals surface area contributed by atoms with Crippen LogP contribution in [-0.4, -0.2) is 21.2 Å². The number of aromatic carboxylic acids is 1. The van der Waals surface area contributed by atoms with E-state index in [1.165, 1.54) is 16.7 Å². The Morgan fingerprint density at radius 3 is 2.78 bits per heavy atom. The molecule has 0 spiro atoms. The molecular formula is C11H13N3O3S. The summed E-state index contributed by atoms with van der Waals surface area (Å²) in [5.41, 5.74) is 1.85. The van der Waals surface area contributed by atoms with Crippen LogP contribution in [0, 0.1) is 13.8 Å². The van der Waals surface area contributed by atoms with Gasteiger partial charge in [0.1, 0.15) is 5.76 Å². The van der Waals surface area contributed by atoms with E-state index in [0.717, 1.165) is 17.0 Å². The Morgan fingerprint density at radius 1 is 1.56 bits per heavy atom. The molecule has 0 aliphatic carbocycles. The molecule has 0 aliphatic heterocycles. The first-order chi connectivity index (χ1) is 8.49. The average Bonchev–Trinajstić information content (AvgIpc) is 2.86. The number of thiazole rings is 1. The largest absolute Gasteiger partial charge is 0.476 e. The zero-order valence-corrected chi connectivity index (χ0v) is 11.0. The molecule has 2 aromatic heterocycles. The maximum atomic E-state index is 10.7. The Bertz CT molecular complexity index is 556. The monoisotopic (exact) mass is 267 g/mol. The van der Waals surface area contributed by atoms with Crippen LogP contribution in [0.4, 0.5) is 5.13 Å². The number of rotatable bonds is 4. The smallest absolute Gasteiger partial charge is 0.355 e. The van der Waals surface area contributed by atoms with E-state index < -0.39 is 5.97 Å². The number of carboxylic acid groups (broad SMARTS) is 1. The van der Waals surface area contributed by atoms with E-state index >= 15 is 0 Å². The third kappa shape index (κ3) is 2.35. The molecule has 0 bridgehead atoms. The average molecular weight is 267 g/mol. The lowest BCUT2D eigenvalue weighted by Crippen LogP contribution is -2.08. The lowest BCUT2D eigenvalue weighted by atomic mass is 10.1. The molecule has 2 heterocycles. The molecule has 2 rings (SSSR count). The maximum absolute atomic E-state index is 10.7. The Balaban J connectivity index is 2.16. The molecule has 0 aliphatic rings. The van der Waals surface area contributed by atoms with E-state index in [9.17, 15) is 4.79 Å². The van der Waals surface area contributed by atoms with Crippen molar-refractivity contribution in [2.24, 2.45) is 0 Å². The molecule has 96 valence electrons. The van der Waals surface area contributed by atoms with Crippen molar-refractivity contribution in [3.63, 3.8) is 0 Å². The molecule has 0 amide bonds. The summed E-state index contributed by atoms with van der Waals surface area (Å²) in [5, 5.41) is 17.9. The summed E-state index contributed by atoms with van der Waals surface area (Å²) in [6.45, 7) is 5.67. The molecule has 0 saturated heterocycles. The molecule has 1 atom stereocenters. The van der Waals surface area contributed by atoms with Gasteiger partial charge in [0.05, 0.1) is 11.7 Å². The van der Waals surface area contributed by atoms with Gasteiger partial charge in [-0.3, -0.25) is 0 Å². The molecule has 6 nitrogen and oxygen atoms in total. The topological polar surface area (TPSA) is 88.3 Å². The van der Waals surface area contributed by atoms with Crippen molar-refractivity contribution in [2.75, 3.05) is 5.32 Å². The Morgan fingerprint density at radius 2 is 2.28 bits per heavy atom. The first kappa shape index (κ1) is 12.6. The van der Waals surface area contributed by atoms with Crippen LogP contribution in [0.1, 0.15) is 40.5 Å². The summed E-state index contributed by atoms with van der Waals surface area (Å²) < 4.78 is 5.10. The van der Waals surface area contributed by atoms with Crippen molar-refractivity contribution in [1.82, 2.24) is 10.1 Å². The number of aryl methyl sites for hydroxylation is 2. The number of anilines is 1. The highest BCUT2D eigenvalue weighted by Crippen LogP contribution is 2.26. The highest BCUT2D eigenvalue weighted by Gasteiger charge is 2.18. The van der Waals surface area contributed by atoms with E-state index in [0.29, 0.717) is 5.13 Å². The van der Waals surface area contributed by atoms with E-state index in [1.54, 1.807) is 0 Å². The van der Waals surface area contributed by atoms with Gasteiger partial charge in [-0.05, 0) is 20.8 Å². The minimum Gasteiger partial charge on any atom is -0.476 e. The van der Waals surface area contributed by atoms with Gasteiger partial charge < -0.3 is 14.9 Å². The molecule has 7 heteroatoms. The third-order valence-electron chi connectivity index (χ3n) is 2.58. The number of carbonyl (C=O) groups is 1. The SMILES string of the molecule is Cc1noc(C)c1C(C)Nc1nc(C(=O)O)cs1. The fraction of sp³-hybridized carbons (Fsp3) is 0.364. The van der Waals surface area contributed by atoms with Crippen LogP contribution in [0.2, 0.25) is 0 Å². The lowest BCUT2D eigenvalue weighted by Gasteiger charge is -2.12. The molecule has 2 aromatic rings. The number of nitrogens with one attached hydrogen (secondary N) is 1. The Kier molecular flexibility index (Phi) is 3.33. The summed E-state index contributed by atoms with van der Waals surface area (Å²) in [4.78, 5) is 14.7. The molecular weight excluding hydrogens is 254 g/mol. The number of carboxylic acids is 1. The van der Waals surface area contributed by atoms with Crippen molar-refractivity contribution in [3.05, 3.63) is 28.1 Å². The molecule has 0 saturated carbocycles. The maximum Gasteiger partial charge on any atom is 0.355 e. The van der Waals surface area contributed by atoms with Crippen LogP contribution in [0.3, 0.4) is 0 Å². The number of hydrogen-bond donors (Lipinski definition) is 2. The second-order valence-electron chi connectivity index (χ2n) is 3.95. The predicted octanol–water partition coefficient (Wildman–Crippen LogP) is 2.62. The first-order valence-electron chi connectivity index (χ1n) is 5.37. The summed E-state index contributed by atoms with van der Waals surface area (Å²) in [6.07, 6.45) is 0. The quantitative estimate of drug-likeness (QED) is 0.885. The standard InChI is InChI=1S/C11H13N3O3S/c1-5(9-6(2)14-17-7(9)3)12-11-13-8(4-18-11)10(15)16/h4-5H,1-3H3,(H,12,13)(H,15,16). The number of nitrogens with zero attached hydrogens (tertiary/aromatic N) is 2. The summed E-state index contributed by atoms with van der Waals surface area (Å²) >= 11 is 1.26. The van der Waals surface area contributed by atoms with Crippen molar-refractivity contribution in [2.45, 2.75) is 26.8 Å². The summed E-state index contributed by atoms with van der Waals surface area (Å²) in [7, 11) is 0. The van der Waals surface area contributed by atoms with Crippen LogP contribution in [-0.2, 0) is 0 Å². The molecule has 2 N–H and O–H groups in total. The van der Waals surface area contributed by atoms with Crippen LogP contribution in [0.15, 0.2) is 9.90 Å². The van der Waals surface area contributed by atoms with Gasteiger partial charge in [-0.2, -0.15) is 0 Å². The van der Waals surface area contributed by atoms with Crippen molar-refractivity contribution in [3.8, 4) is 0 Å². The second-order valence-corrected chi connectivity index (χ2v) is 4.81. The van der Waals surface area contributed by atoms with Gasteiger partial charge in [-0.15, -0.1) is 11.3 Å². The zero-order chi connectivity index (χ0) is 13.3. The van der Waals surface area contributed by atoms with Gasteiger partial charge in [0.25, 0.3) is 0 Å². The molecule has 18 heavy (non-hydrogen) atoms. The molecule has 0 aromatic carbocycles. The van der Waals surface area contributed by atoms with Gasteiger partial charge in [0.15, 0.2) is 10.8 Å². The first-order valence-corrected chi connectivity index (χ1v) is 6.25. The van der Waals surface area contributed by atoms with E-state index in [4.69, 9.17) is 9.63 Å². The second kappa shape index (κ2) is 4.77. The molecule has 0 radical (unpaired) electrons. The third-order valence-corrected chi connectivity index (χ3v) is 3.36. The lowest BCUT2D eigenvalue weighted by molar-refractivity contribution is 0.0691. The van der Waals surface area contributed by atoms with E-state index in [1.807, 2.05) is 20.8 Å². The van der Waals surface area contributed by atoms with Crippen molar-refractivity contribution < 1.29 is 14.4 Å². The van der Waals surface area contributed by atoms with E-state index in [2.05, 4.69) is 15.5 Å². The van der Waals surface area contributed by atoms with Crippen LogP contribution < -0.4 is 5.32 Å². The Labute approximate surface area is 108 Å². The zero-order valence-electron chi connectivity index (χ0n) is 10.2. The molecule has 0 fully saturated rings. The normalized spacial score (nSPS) is 12.4. The summed E-state index contributed by atoms with van der Waals surface area (Å²) in [5.74, 6) is -0.271. The fourth-order valence-corrected chi connectivity index (χ4v) is 2.58. The summed E-state index contributed by atoms with van der Waals surface area (Å²) in [6, 6.07) is -0.0379. The van der Waals surface area contributed by atoms with Gasteiger partial charge in [0.2, 0.25) is 0 Å². The minimum absolute atomic E-state index is 0.0379. The highest BCUT2D eigenvalue weighted by molar-refractivity contribution is 7.13. The Hall–Kier alpha value is -1.89. The minimum atomic E-state index is -1.02. The fourth-order valence-electron chi connectivity index (χ4n) is 1.80. The predicted molar refractivity (Wildman–Crippen MR) is 67.1 cm³/mol. The number of aromatic nitrogens is 2. The van der Waals surface area contributed by atoms with Crippen LogP contribution in [0.25, 0.3) is 0 Å². The van der Waals surface area contributed by atoms with Crippen molar-refractivity contribution in [1.29, 1.82) is 0 Å². The molecule has 1 unspecified atom stereocenters. The van der Waals surface area contributed by atoms with E-state index in [-0.39, 0.29) is 11.7 Å². The van der Waals surface area contributed by atoms with Crippen molar-refractivity contribution >= 4 is 22.4 Å². The van der Waals surface area contributed by atoms with Gasteiger partial charge >= 0.3 is 5.97 Å². The number of hydrogen-bond acceptors (Lipinski definition) is 6. The van der Waals surface area contributed by atoms with Gasteiger partial charge in [0, 0.05) is 10.9 Å².